The van der Waals surface area contributed by atoms with Crippen LogP contribution in [-0.2, 0) is 30.5 Å². The van der Waals surface area contributed by atoms with Gasteiger partial charge in [0.2, 0.25) is 0 Å². The van der Waals surface area contributed by atoms with Gasteiger partial charge in [0.25, 0.3) is 0 Å². The van der Waals surface area contributed by atoms with Gasteiger partial charge in [-0.05, 0) is 86.0 Å². The Morgan fingerprint density at radius 2 is 2.03 bits per heavy atom. The highest BCUT2D eigenvalue weighted by atomic mass is 32.2. The van der Waals surface area contributed by atoms with Crippen molar-refractivity contribution in [2.75, 3.05) is 7.05 Å². The molecule has 4 nitrogen and oxygen atoms in total. The van der Waals surface area contributed by atoms with E-state index < -0.39 is 16.8 Å². The van der Waals surface area contributed by atoms with E-state index >= 15 is 0 Å². The summed E-state index contributed by atoms with van der Waals surface area (Å²) in [6.45, 7) is 0. The van der Waals surface area contributed by atoms with Crippen LogP contribution >= 0.6 is 0 Å². The molecule has 2 N–H and O–H groups in total. The number of hydrogen-bond acceptors (Lipinski definition) is 3. The van der Waals surface area contributed by atoms with Crippen LogP contribution < -0.4 is 10.0 Å². The predicted molar refractivity (Wildman–Crippen MR) is 108 cm³/mol. The summed E-state index contributed by atoms with van der Waals surface area (Å²) in [4.78, 5) is 0. The predicted octanol–water partition coefficient (Wildman–Crippen LogP) is 3.28. The zero-order chi connectivity index (χ0) is 20.6. The van der Waals surface area contributed by atoms with Crippen LogP contribution in [0.25, 0.3) is 0 Å². The number of fused-ring (bicyclic) bond motifs is 1. The maximum absolute atomic E-state index is 14.9. The van der Waals surface area contributed by atoms with Crippen molar-refractivity contribution >= 4 is 11.3 Å². The van der Waals surface area contributed by atoms with Gasteiger partial charge >= 0.3 is 0 Å². The Balaban J connectivity index is 1.64. The van der Waals surface area contributed by atoms with Crippen LogP contribution in [0.5, 0.6) is 0 Å². The van der Waals surface area contributed by atoms with E-state index in [2.05, 4.69) is 10.0 Å². The Morgan fingerprint density at radius 3 is 2.66 bits per heavy atom. The monoisotopic (exact) mass is 419 g/mol. The van der Waals surface area contributed by atoms with Crippen molar-refractivity contribution in [3.8, 4) is 0 Å². The van der Waals surface area contributed by atoms with E-state index in [4.69, 9.17) is 0 Å². The molecule has 0 amide bonds. The maximum Gasteiger partial charge on any atom is 0.126 e. The SMILES string of the molecule is CNC1Cc2cc(F)c(CC3(NS(=O)[O-])CCC3)cc2C1Cc1cccc(F)c1. The topological polar surface area (TPSA) is 64.2 Å². The van der Waals surface area contributed by atoms with Crippen molar-refractivity contribution in [3.05, 3.63) is 70.3 Å². The first kappa shape index (κ1) is 20.6. The molecule has 2 aromatic rings. The third kappa shape index (κ3) is 4.28. The second kappa shape index (κ2) is 8.22. The molecule has 1 saturated carbocycles. The van der Waals surface area contributed by atoms with Crippen molar-refractivity contribution in [1.82, 2.24) is 10.0 Å². The molecule has 0 saturated heterocycles. The van der Waals surface area contributed by atoms with Gasteiger partial charge in [-0.2, -0.15) is 0 Å². The first-order valence-electron chi connectivity index (χ1n) is 9.99. The Morgan fingerprint density at radius 1 is 1.24 bits per heavy atom. The first-order chi connectivity index (χ1) is 13.9. The van der Waals surface area contributed by atoms with Gasteiger partial charge in [0.15, 0.2) is 0 Å². The second-order valence-electron chi connectivity index (χ2n) is 8.33. The van der Waals surface area contributed by atoms with E-state index in [1.165, 1.54) is 6.07 Å². The van der Waals surface area contributed by atoms with Crippen LogP contribution in [0.4, 0.5) is 8.78 Å². The van der Waals surface area contributed by atoms with Crippen LogP contribution in [0.15, 0.2) is 36.4 Å². The van der Waals surface area contributed by atoms with Crippen molar-refractivity contribution in [3.63, 3.8) is 0 Å². The van der Waals surface area contributed by atoms with Gasteiger partial charge in [-0.3, -0.25) is 4.21 Å². The average molecular weight is 420 g/mol. The summed E-state index contributed by atoms with van der Waals surface area (Å²) in [5.74, 6) is -0.435. The van der Waals surface area contributed by atoms with Crippen LogP contribution in [-0.4, -0.2) is 27.4 Å². The van der Waals surface area contributed by atoms with Crippen LogP contribution in [0.2, 0.25) is 0 Å². The van der Waals surface area contributed by atoms with E-state index in [1.807, 2.05) is 19.2 Å². The zero-order valence-electron chi connectivity index (χ0n) is 16.3. The van der Waals surface area contributed by atoms with Crippen LogP contribution in [0.1, 0.15) is 47.4 Å². The van der Waals surface area contributed by atoms with Gasteiger partial charge < -0.3 is 9.87 Å². The summed E-state index contributed by atoms with van der Waals surface area (Å²) in [6.07, 6.45) is 4.08. The molecule has 2 aliphatic carbocycles. The van der Waals surface area contributed by atoms with Crippen molar-refractivity contribution in [2.24, 2.45) is 0 Å². The largest absolute Gasteiger partial charge is 0.760 e. The molecular formula is C22H25F2N2O2S-. The Bertz CT molecular complexity index is 933. The number of nitrogens with one attached hydrogen (secondary N) is 2. The second-order valence-corrected chi connectivity index (χ2v) is 9.00. The lowest BCUT2D eigenvalue weighted by molar-refractivity contribution is 0.216. The summed E-state index contributed by atoms with van der Waals surface area (Å²) in [6, 6.07) is 10.2. The number of halogens is 2. The van der Waals surface area contributed by atoms with Gasteiger partial charge in [-0.1, -0.05) is 18.2 Å². The van der Waals surface area contributed by atoms with E-state index in [0.29, 0.717) is 31.2 Å². The standard InChI is InChI=1S/C22H26F2N2O2S/c1-25-21-12-15-11-20(24)16(13-22(6-3-7-22)26-29(27)28)10-18(15)19(21)9-14-4-2-5-17(23)8-14/h2,4-5,8,10-11,19,21,25-26H,3,6-7,9,12-13H2,1H3,(H,27,28)/p-1. The number of rotatable bonds is 7. The third-order valence-corrected chi connectivity index (χ3v) is 7.09. The molecule has 0 radical (unpaired) electrons. The Hall–Kier alpha value is -1.67. The summed E-state index contributed by atoms with van der Waals surface area (Å²) in [5, 5.41) is 3.32. The quantitative estimate of drug-likeness (QED) is 0.677. The minimum absolute atomic E-state index is 0.107. The van der Waals surface area contributed by atoms with Gasteiger partial charge in [0.05, 0.1) is 0 Å². The first-order valence-corrected chi connectivity index (χ1v) is 11.1. The molecule has 2 aromatic carbocycles. The highest BCUT2D eigenvalue weighted by Gasteiger charge is 2.39. The summed E-state index contributed by atoms with van der Waals surface area (Å²) in [7, 11) is 1.89. The minimum atomic E-state index is -2.37. The molecule has 0 aromatic heterocycles. The van der Waals surface area contributed by atoms with Crippen molar-refractivity contribution in [1.29, 1.82) is 0 Å². The molecule has 0 aliphatic heterocycles. The zero-order valence-corrected chi connectivity index (χ0v) is 17.2. The highest BCUT2D eigenvalue weighted by Crippen LogP contribution is 2.40. The molecule has 0 bridgehead atoms. The average Bonchev–Trinajstić information content (AvgIpc) is 2.96. The Kier molecular flexibility index (Phi) is 5.84. The normalized spacial score (nSPS) is 23.4. The van der Waals surface area contributed by atoms with Crippen molar-refractivity contribution < 1.29 is 17.5 Å². The highest BCUT2D eigenvalue weighted by molar-refractivity contribution is 7.77. The van der Waals surface area contributed by atoms with E-state index in [1.54, 1.807) is 18.2 Å². The molecular weight excluding hydrogens is 394 g/mol. The van der Waals surface area contributed by atoms with Crippen LogP contribution in [0.3, 0.4) is 0 Å². The van der Waals surface area contributed by atoms with Gasteiger partial charge in [-0.25, -0.2) is 13.5 Å². The van der Waals surface area contributed by atoms with E-state index in [-0.39, 0.29) is 23.6 Å². The van der Waals surface area contributed by atoms with Gasteiger partial charge in [0.1, 0.15) is 11.6 Å². The number of benzene rings is 2. The van der Waals surface area contributed by atoms with Gasteiger partial charge in [0, 0.05) is 28.8 Å². The minimum Gasteiger partial charge on any atom is -0.760 e. The lowest BCUT2D eigenvalue weighted by Gasteiger charge is -2.43. The summed E-state index contributed by atoms with van der Waals surface area (Å²) >= 11 is -2.37. The summed E-state index contributed by atoms with van der Waals surface area (Å²) in [5.41, 5.74) is 2.91. The Labute approximate surface area is 172 Å². The fraction of sp³-hybridized carbons (Fsp3) is 0.455. The third-order valence-electron chi connectivity index (χ3n) is 6.49. The molecule has 1 fully saturated rings. The molecule has 29 heavy (non-hydrogen) atoms. The fourth-order valence-corrected chi connectivity index (χ4v) is 5.49. The smallest absolute Gasteiger partial charge is 0.126 e. The number of hydrogen-bond donors (Lipinski definition) is 2. The summed E-state index contributed by atoms with van der Waals surface area (Å²) < 4.78 is 53.5. The fourth-order valence-electron chi connectivity index (χ4n) is 4.86. The molecule has 4 rings (SSSR count). The van der Waals surface area contributed by atoms with Crippen LogP contribution in [0, 0.1) is 11.6 Å². The van der Waals surface area contributed by atoms with Gasteiger partial charge in [-0.15, -0.1) is 0 Å². The van der Waals surface area contributed by atoms with E-state index in [9.17, 15) is 17.5 Å². The maximum atomic E-state index is 14.9. The van der Waals surface area contributed by atoms with E-state index in [0.717, 1.165) is 29.5 Å². The van der Waals surface area contributed by atoms with Crippen molar-refractivity contribution in [2.45, 2.75) is 56.0 Å². The number of likely N-dealkylation sites (N-methyl/N-ethyl adjacent to an activating group) is 1. The molecule has 0 heterocycles. The molecule has 7 heteroatoms. The molecule has 0 spiro atoms. The molecule has 2 aliphatic rings. The molecule has 3 atom stereocenters. The lowest BCUT2D eigenvalue weighted by Crippen LogP contribution is -2.53. The molecule has 3 unspecified atom stereocenters. The lowest BCUT2D eigenvalue weighted by atomic mass is 9.73. The molecule has 156 valence electrons.